The van der Waals surface area contributed by atoms with Crippen molar-refractivity contribution in [2.24, 2.45) is 0 Å². The number of amides is 1. The molecule has 1 aliphatic rings. The van der Waals surface area contributed by atoms with Gasteiger partial charge >= 0.3 is 0 Å². The van der Waals surface area contributed by atoms with Crippen LogP contribution < -0.4 is 0 Å². The summed E-state index contributed by atoms with van der Waals surface area (Å²) >= 11 is 1.54. The van der Waals surface area contributed by atoms with Crippen LogP contribution in [-0.4, -0.2) is 43.6 Å². The van der Waals surface area contributed by atoms with E-state index in [1.54, 1.807) is 30.0 Å². The lowest BCUT2D eigenvalue weighted by molar-refractivity contribution is -0.384. The van der Waals surface area contributed by atoms with Crippen molar-refractivity contribution < 1.29 is 9.72 Å². The predicted octanol–water partition coefficient (Wildman–Crippen LogP) is 4.57. The third-order valence-corrected chi connectivity index (χ3v) is 6.36. The van der Waals surface area contributed by atoms with Gasteiger partial charge in [-0.05, 0) is 42.7 Å². The highest BCUT2D eigenvalue weighted by atomic mass is 32.2. The van der Waals surface area contributed by atoms with Crippen LogP contribution >= 0.6 is 11.8 Å². The van der Waals surface area contributed by atoms with Gasteiger partial charge in [0.2, 0.25) is 0 Å². The van der Waals surface area contributed by atoms with E-state index in [2.05, 4.69) is 16.8 Å². The first-order valence-electron chi connectivity index (χ1n) is 10.4. The van der Waals surface area contributed by atoms with Gasteiger partial charge in [-0.15, -0.1) is 16.8 Å². The van der Waals surface area contributed by atoms with Crippen LogP contribution in [0.4, 0.5) is 5.69 Å². The molecule has 3 aromatic rings. The van der Waals surface area contributed by atoms with E-state index in [1.807, 2.05) is 33.7 Å². The van der Waals surface area contributed by atoms with Crippen LogP contribution in [0.2, 0.25) is 0 Å². The number of hydrogen-bond acceptors (Lipinski definition) is 6. The number of nitrogens with zero attached hydrogens (tertiary/aromatic N) is 5. The van der Waals surface area contributed by atoms with Gasteiger partial charge in [-0.25, -0.2) is 0 Å². The maximum Gasteiger partial charge on any atom is 0.269 e. The molecule has 0 atom stereocenters. The molecular formula is C23H23N5O3S. The molecule has 0 aliphatic carbocycles. The number of rotatable bonds is 8. The number of likely N-dealkylation sites (tertiary alicyclic amines) is 1. The van der Waals surface area contributed by atoms with Crippen molar-refractivity contribution in [3.63, 3.8) is 0 Å². The second kappa shape index (κ2) is 9.78. The Kier molecular flexibility index (Phi) is 6.65. The lowest BCUT2D eigenvalue weighted by atomic mass is 10.1. The van der Waals surface area contributed by atoms with Crippen LogP contribution in [0.5, 0.6) is 0 Å². The summed E-state index contributed by atoms with van der Waals surface area (Å²) in [6.07, 6.45) is 3.92. The number of nitro groups is 1. The molecule has 0 spiro atoms. The number of thioether (sulfide) groups is 1. The Morgan fingerprint density at radius 2 is 1.78 bits per heavy atom. The van der Waals surface area contributed by atoms with E-state index in [0.717, 1.165) is 47.8 Å². The number of carbonyl (C=O) groups is 1. The zero-order valence-electron chi connectivity index (χ0n) is 17.5. The van der Waals surface area contributed by atoms with Gasteiger partial charge in [0.25, 0.3) is 11.6 Å². The van der Waals surface area contributed by atoms with Crippen LogP contribution in [0.25, 0.3) is 11.4 Å². The molecule has 1 saturated heterocycles. The molecule has 0 unspecified atom stereocenters. The standard InChI is InChI=1S/C23H23N5O3S/c1-2-13-27-21(18-9-11-20(12-10-18)28(30)31)24-25-23(27)32-16-17-5-7-19(8-6-17)22(29)26-14-3-4-15-26/h2,5-12H,1,3-4,13-16H2. The lowest BCUT2D eigenvalue weighted by Gasteiger charge is -2.15. The Balaban J connectivity index is 1.46. The summed E-state index contributed by atoms with van der Waals surface area (Å²) in [5.74, 6) is 1.40. The van der Waals surface area contributed by atoms with Crippen molar-refractivity contribution in [3.05, 3.63) is 82.4 Å². The molecule has 9 heteroatoms. The molecule has 2 heterocycles. The molecule has 1 aromatic heterocycles. The van der Waals surface area contributed by atoms with Crippen LogP contribution in [0.3, 0.4) is 0 Å². The first kappa shape index (κ1) is 21.8. The molecule has 0 saturated carbocycles. The highest BCUT2D eigenvalue weighted by Crippen LogP contribution is 2.28. The normalized spacial score (nSPS) is 13.3. The number of hydrogen-bond donors (Lipinski definition) is 0. The van der Waals surface area contributed by atoms with E-state index < -0.39 is 4.92 Å². The minimum Gasteiger partial charge on any atom is -0.339 e. The zero-order chi connectivity index (χ0) is 22.5. The van der Waals surface area contributed by atoms with E-state index in [0.29, 0.717) is 18.1 Å². The van der Waals surface area contributed by atoms with Gasteiger partial charge in [-0.3, -0.25) is 19.5 Å². The fourth-order valence-corrected chi connectivity index (χ4v) is 4.53. The number of allylic oxidation sites excluding steroid dienone is 1. The number of benzene rings is 2. The van der Waals surface area contributed by atoms with Gasteiger partial charge in [0.05, 0.1) is 4.92 Å². The molecule has 0 radical (unpaired) electrons. The second-order valence-electron chi connectivity index (χ2n) is 7.49. The lowest BCUT2D eigenvalue weighted by Crippen LogP contribution is -2.27. The van der Waals surface area contributed by atoms with E-state index in [4.69, 9.17) is 0 Å². The van der Waals surface area contributed by atoms with Crippen LogP contribution in [0.1, 0.15) is 28.8 Å². The van der Waals surface area contributed by atoms with Crippen molar-refractivity contribution in [1.82, 2.24) is 19.7 Å². The van der Waals surface area contributed by atoms with E-state index in [-0.39, 0.29) is 11.6 Å². The minimum absolute atomic E-state index is 0.0322. The number of carbonyl (C=O) groups excluding carboxylic acids is 1. The molecule has 2 aromatic carbocycles. The third-order valence-electron chi connectivity index (χ3n) is 5.33. The number of aromatic nitrogens is 3. The quantitative estimate of drug-likeness (QED) is 0.216. The molecule has 1 amide bonds. The topological polar surface area (TPSA) is 94.2 Å². The first-order chi connectivity index (χ1) is 15.6. The SMILES string of the molecule is C=CCn1c(SCc2ccc(C(=O)N3CCCC3)cc2)nnc1-c1ccc([N+](=O)[O-])cc1. The summed E-state index contributed by atoms with van der Waals surface area (Å²) < 4.78 is 1.93. The molecule has 4 rings (SSSR count). The molecule has 0 bridgehead atoms. The van der Waals surface area contributed by atoms with Crippen molar-refractivity contribution >= 4 is 23.4 Å². The number of non-ortho nitro benzene ring substituents is 1. The van der Waals surface area contributed by atoms with Crippen LogP contribution in [0.15, 0.2) is 66.3 Å². The smallest absolute Gasteiger partial charge is 0.269 e. The van der Waals surface area contributed by atoms with Crippen molar-refractivity contribution in [2.75, 3.05) is 13.1 Å². The Hall–Kier alpha value is -3.46. The summed E-state index contributed by atoms with van der Waals surface area (Å²) in [7, 11) is 0. The third kappa shape index (κ3) is 4.72. The van der Waals surface area contributed by atoms with Gasteiger partial charge in [-0.1, -0.05) is 30.0 Å². The Labute approximate surface area is 190 Å². The van der Waals surface area contributed by atoms with Gasteiger partial charge < -0.3 is 4.90 Å². The van der Waals surface area contributed by atoms with E-state index in [9.17, 15) is 14.9 Å². The molecule has 0 N–H and O–H groups in total. The molecule has 1 aliphatic heterocycles. The first-order valence-corrected chi connectivity index (χ1v) is 11.4. The average molecular weight is 450 g/mol. The molecule has 8 nitrogen and oxygen atoms in total. The molecule has 32 heavy (non-hydrogen) atoms. The van der Waals surface area contributed by atoms with Crippen molar-refractivity contribution in [3.8, 4) is 11.4 Å². The van der Waals surface area contributed by atoms with E-state index in [1.165, 1.54) is 12.1 Å². The maximum absolute atomic E-state index is 12.5. The summed E-state index contributed by atoms with van der Waals surface area (Å²) in [4.78, 5) is 24.9. The predicted molar refractivity (Wildman–Crippen MR) is 123 cm³/mol. The molecular weight excluding hydrogens is 426 g/mol. The molecule has 1 fully saturated rings. The highest BCUT2D eigenvalue weighted by Gasteiger charge is 2.19. The van der Waals surface area contributed by atoms with Crippen LogP contribution in [0, 0.1) is 10.1 Å². The summed E-state index contributed by atoms with van der Waals surface area (Å²) in [6.45, 7) is 6.01. The summed E-state index contributed by atoms with van der Waals surface area (Å²) in [6, 6.07) is 14.0. The van der Waals surface area contributed by atoms with Gasteiger partial charge in [-0.2, -0.15) is 0 Å². The van der Waals surface area contributed by atoms with Crippen LogP contribution in [-0.2, 0) is 12.3 Å². The second-order valence-corrected chi connectivity index (χ2v) is 8.44. The van der Waals surface area contributed by atoms with Crippen molar-refractivity contribution in [1.29, 1.82) is 0 Å². The van der Waals surface area contributed by atoms with Gasteiger partial charge in [0.15, 0.2) is 11.0 Å². The fourth-order valence-electron chi connectivity index (χ4n) is 3.63. The van der Waals surface area contributed by atoms with Gasteiger partial charge in [0.1, 0.15) is 0 Å². The summed E-state index contributed by atoms with van der Waals surface area (Å²) in [5, 5.41) is 20.2. The zero-order valence-corrected chi connectivity index (χ0v) is 18.3. The van der Waals surface area contributed by atoms with Gasteiger partial charge in [0, 0.05) is 48.6 Å². The number of nitro benzene ring substituents is 1. The highest BCUT2D eigenvalue weighted by molar-refractivity contribution is 7.98. The Bertz CT molecular complexity index is 1120. The average Bonchev–Trinajstić information content (AvgIpc) is 3.49. The largest absolute Gasteiger partial charge is 0.339 e. The Morgan fingerprint density at radius 1 is 1.09 bits per heavy atom. The fraction of sp³-hybridized carbons (Fsp3) is 0.261. The summed E-state index contributed by atoms with van der Waals surface area (Å²) in [5.41, 5.74) is 2.58. The monoisotopic (exact) mass is 449 g/mol. The van der Waals surface area contributed by atoms with Crippen molar-refractivity contribution in [2.45, 2.75) is 30.3 Å². The maximum atomic E-state index is 12.5. The van der Waals surface area contributed by atoms with E-state index >= 15 is 0 Å². The minimum atomic E-state index is -0.427. The molecule has 164 valence electrons. The Morgan fingerprint density at radius 3 is 2.41 bits per heavy atom.